The summed E-state index contributed by atoms with van der Waals surface area (Å²) in [5, 5.41) is 14.9. The van der Waals surface area contributed by atoms with E-state index in [2.05, 4.69) is 31.4 Å². The highest BCUT2D eigenvalue weighted by molar-refractivity contribution is 5.91. The molecular weight excluding hydrogens is 422 g/mol. The normalized spacial score (nSPS) is 14.0. The van der Waals surface area contributed by atoms with Gasteiger partial charge in [0.1, 0.15) is 18.7 Å². The summed E-state index contributed by atoms with van der Waals surface area (Å²) in [4.78, 5) is 36.9. The van der Waals surface area contributed by atoms with Crippen molar-refractivity contribution in [2.45, 2.75) is 64.3 Å². The second-order valence-electron chi connectivity index (χ2n) is 9.04. The molecule has 0 aliphatic rings. The Bertz CT molecular complexity index is 937. The minimum Gasteiger partial charge on any atom is -0.445 e. The molecule has 0 saturated heterocycles. The van der Waals surface area contributed by atoms with Crippen LogP contribution in [0.5, 0.6) is 0 Å². The van der Waals surface area contributed by atoms with Crippen LogP contribution in [-0.4, -0.2) is 41.2 Å². The number of amides is 3. The zero-order chi connectivity index (χ0) is 24.6. The number of aliphatic hydroxyl groups excluding tert-OH is 1. The highest BCUT2D eigenvalue weighted by Gasteiger charge is 2.29. The molecule has 3 atom stereocenters. The lowest BCUT2D eigenvalue weighted by Crippen LogP contribution is -2.57. The summed E-state index contributed by atoms with van der Waals surface area (Å²) in [7, 11) is 0. The number of carbonyl (C=O) groups is 3. The van der Waals surface area contributed by atoms with Crippen molar-refractivity contribution in [2.24, 2.45) is 5.73 Å². The van der Waals surface area contributed by atoms with E-state index in [1.807, 2.05) is 42.5 Å². The van der Waals surface area contributed by atoms with E-state index >= 15 is 0 Å². The topological polar surface area (TPSA) is 131 Å². The lowest BCUT2D eigenvalue weighted by Gasteiger charge is -2.24. The van der Waals surface area contributed by atoms with Gasteiger partial charge in [-0.15, -0.1) is 0 Å². The molecule has 0 saturated carbocycles. The Morgan fingerprint density at radius 2 is 1.58 bits per heavy atom. The van der Waals surface area contributed by atoms with E-state index < -0.39 is 36.1 Å². The van der Waals surface area contributed by atoms with Crippen molar-refractivity contribution >= 4 is 17.9 Å². The van der Waals surface area contributed by atoms with Gasteiger partial charge >= 0.3 is 6.09 Å². The van der Waals surface area contributed by atoms with Crippen LogP contribution in [0.25, 0.3) is 0 Å². The molecule has 0 radical (unpaired) electrons. The fourth-order valence-electron chi connectivity index (χ4n) is 3.16. The van der Waals surface area contributed by atoms with Crippen molar-refractivity contribution < 1.29 is 24.2 Å². The van der Waals surface area contributed by atoms with E-state index in [-0.39, 0.29) is 18.4 Å². The highest BCUT2D eigenvalue weighted by atomic mass is 16.5. The van der Waals surface area contributed by atoms with Crippen LogP contribution >= 0.6 is 0 Å². The van der Waals surface area contributed by atoms with Crippen molar-refractivity contribution in [1.82, 2.24) is 10.6 Å². The quantitative estimate of drug-likeness (QED) is 0.460. The Morgan fingerprint density at radius 3 is 2.09 bits per heavy atom. The van der Waals surface area contributed by atoms with Crippen LogP contribution in [0.1, 0.15) is 44.4 Å². The molecule has 0 aromatic heterocycles. The lowest BCUT2D eigenvalue weighted by atomic mass is 9.86. The summed E-state index contributed by atoms with van der Waals surface area (Å²) in [6.07, 6.45) is -1.92. The summed E-state index contributed by atoms with van der Waals surface area (Å²) in [5.74, 6) is -1.46. The Kier molecular flexibility index (Phi) is 8.99. The van der Waals surface area contributed by atoms with E-state index in [0.29, 0.717) is 0 Å². The minimum atomic E-state index is -1.32. The number of rotatable bonds is 9. The van der Waals surface area contributed by atoms with Crippen molar-refractivity contribution in [3.8, 4) is 0 Å². The van der Waals surface area contributed by atoms with E-state index in [1.54, 1.807) is 12.1 Å². The van der Waals surface area contributed by atoms with Crippen LogP contribution in [0.2, 0.25) is 0 Å². The Balaban J connectivity index is 2.00. The first-order chi connectivity index (χ1) is 15.5. The number of ether oxygens (including phenoxy) is 1. The second-order valence-corrected chi connectivity index (χ2v) is 9.04. The van der Waals surface area contributed by atoms with Crippen LogP contribution in [0, 0.1) is 0 Å². The maximum atomic E-state index is 12.7. The third-order valence-corrected chi connectivity index (χ3v) is 5.17. The van der Waals surface area contributed by atoms with E-state index in [1.165, 1.54) is 6.92 Å². The Hall–Kier alpha value is -3.39. The molecule has 0 bridgehead atoms. The fourth-order valence-corrected chi connectivity index (χ4v) is 3.16. The Morgan fingerprint density at radius 1 is 0.970 bits per heavy atom. The summed E-state index contributed by atoms with van der Waals surface area (Å²) in [6.45, 7) is 7.66. The van der Waals surface area contributed by atoms with Crippen LogP contribution in [-0.2, 0) is 32.8 Å². The number of nitrogens with one attached hydrogen (secondary N) is 2. The first-order valence-corrected chi connectivity index (χ1v) is 10.8. The van der Waals surface area contributed by atoms with Gasteiger partial charge in [0, 0.05) is 6.42 Å². The molecule has 0 spiro atoms. The maximum absolute atomic E-state index is 12.7. The van der Waals surface area contributed by atoms with Crippen LogP contribution in [0.3, 0.4) is 0 Å². The second kappa shape index (κ2) is 11.5. The van der Waals surface area contributed by atoms with Gasteiger partial charge in [0.15, 0.2) is 0 Å². The summed E-state index contributed by atoms with van der Waals surface area (Å²) >= 11 is 0. The first kappa shape index (κ1) is 25.9. The van der Waals surface area contributed by atoms with Gasteiger partial charge in [-0.05, 0) is 29.0 Å². The molecule has 0 aliphatic heterocycles. The van der Waals surface area contributed by atoms with Gasteiger partial charge < -0.3 is 26.2 Å². The van der Waals surface area contributed by atoms with Gasteiger partial charge in [0.05, 0.1) is 6.10 Å². The van der Waals surface area contributed by atoms with E-state index in [0.717, 1.165) is 16.7 Å². The molecule has 0 unspecified atom stereocenters. The predicted molar refractivity (Wildman–Crippen MR) is 125 cm³/mol. The molecule has 5 N–H and O–H groups in total. The smallest absolute Gasteiger partial charge is 0.408 e. The summed E-state index contributed by atoms with van der Waals surface area (Å²) in [5.41, 5.74) is 8.21. The molecule has 0 heterocycles. The molecule has 0 fully saturated rings. The van der Waals surface area contributed by atoms with Crippen molar-refractivity contribution in [2.75, 3.05) is 0 Å². The number of carbonyl (C=O) groups excluding carboxylic acids is 3. The molecule has 8 nitrogen and oxygen atoms in total. The molecule has 8 heteroatoms. The van der Waals surface area contributed by atoms with E-state index in [9.17, 15) is 19.5 Å². The number of aliphatic hydroxyl groups is 1. The minimum absolute atomic E-state index is 0.00922. The van der Waals surface area contributed by atoms with Gasteiger partial charge in [-0.1, -0.05) is 75.4 Å². The number of alkyl carbamates (subject to hydrolysis) is 1. The third-order valence-electron chi connectivity index (χ3n) is 5.17. The third kappa shape index (κ3) is 8.23. The van der Waals surface area contributed by atoms with Crippen LogP contribution in [0.15, 0.2) is 54.6 Å². The molecule has 2 rings (SSSR count). The van der Waals surface area contributed by atoms with Crippen molar-refractivity contribution in [3.05, 3.63) is 71.3 Å². The number of primary amides is 1. The number of hydrogen-bond acceptors (Lipinski definition) is 5. The lowest BCUT2D eigenvalue weighted by molar-refractivity contribution is -0.130. The van der Waals surface area contributed by atoms with E-state index in [4.69, 9.17) is 10.5 Å². The largest absolute Gasteiger partial charge is 0.445 e. The molecular formula is C25H33N3O5. The highest BCUT2D eigenvalue weighted by Crippen LogP contribution is 2.22. The monoisotopic (exact) mass is 455 g/mol. The van der Waals surface area contributed by atoms with Gasteiger partial charge in [-0.2, -0.15) is 0 Å². The predicted octanol–water partition coefficient (Wildman–Crippen LogP) is 2.17. The van der Waals surface area contributed by atoms with Gasteiger partial charge in [-0.3, -0.25) is 9.59 Å². The summed E-state index contributed by atoms with van der Waals surface area (Å²) in [6, 6.07) is 14.4. The van der Waals surface area contributed by atoms with Gasteiger partial charge in [-0.25, -0.2) is 4.79 Å². The zero-order valence-corrected chi connectivity index (χ0v) is 19.5. The van der Waals surface area contributed by atoms with Gasteiger partial charge in [0.25, 0.3) is 0 Å². The average Bonchev–Trinajstić information content (AvgIpc) is 2.75. The number of nitrogens with two attached hydrogens (primary N) is 1. The number of benzene rings is 2. The fraction of sp³-hybridized carbons (Fsp3) is 0.400. The SMILES string of the molecule is C[C@@H](O)[C@H](NC(=O)OCc1ccccc1)C(=O)N[C@@H](Cc1ccc(C(C)(C)C)cc1)C(N)=O. The molecule has 3 amide bonds. The standard InChI is InChI=1S/C25H33N3O5/c1-16(29)21(28-24(32)33-15-18-8-6-5-7-9-18)23(31)27-20(22(26)30)14-17-10-12-19(13-11-17)25(2,3)4/h5-13,16,20-21,29H,14-15H2,1-4H3,(H2,26,30)(H,27,31)(H,28,32)/t16-,20+,21+/m1/s1. The zero-order valence-electron chi connectivity index (χ0n) is 19.5. The molecule has 33 heavy (non-hydrogen) atoms. The molecule has 0 aliphatic carbocycles. The van der Waals surface area contributed by atoms with Crippen molar-refractivity contribution in [3.63, 3.8) is 0 Å². The van der Waals surface area contributed by atoms with Gasteiger partial charge in [0.2, 0.25) is 11.8 Å². The maximum Gasteiger partial charge on any atom is 0.408 e. The van der Waals surface area contributed by atoms with Crippen LogP contribution < -0.4 is 16.4 Å². The molecule has 2 aromatic rings. The summed E-state index contributed by atoms with van der Waals surface area (Å²) < 4.78 is 5.11. The number of hydrogen-bond donors (Lipinski definition) is 4. The van der Waals surface area contributed by atoms with Crippen LogP contribution in [0.4, 0.5) is 4.79 Å². The molecule has 2 aromatic carbocycles. The van der Waals surface area contributed by atoms with Crippen molar-refractivity contribution in [1.29, 1.82) is 0 Å². The Labute approximate surface area is 194 Å². The molecule has 178 valence electrons. The first-order valence-electron chi connectivity index (χ1n) is 10.8. The average molecular weight is 456 g/mol.